The SMILES string of the molecule is CCOC(=O)C1(C(=O)OCC)Cc2cc(C(=O)c3ccc(Cl)cc3)nc(-c3ccccc3)c2C1. The third-order valence-electron chi connectivity index (χ3n) is 5.91. The van der Waals surface area contributed by atoms with E-state index < -0.39 is 17.4 Å². The van der Waals surface area contributed by atoms with Crippen LogP contribution in [0, 0.1) is 5.41 Å². The molecule has 0 bridgehead atoms. The number of rotatable bonds is 7. The summed E-state index contributed by atoms with van der Waals surface area (Å²) in [5.41, 5.74) is 1.94. The fourth-order valence-electron chi connectivity index (χ4n) is 4.28. The predicted molar refractivity (Wildman–Crippen MR) is 128 cm³/mol. The van der Waals surface area contributed by atoms with Crippen molar-refractivity contribution in [3.05, 3.63) is 88.1 Å². The topological polar surface area (TPSA) is 82.6 Å². The van der Waals surface area contributed by atoms with Crippen LogP contribution in [0.2, 0.25) is 5.02 Å². The second-order valence-electron chi connectivity index (χ2n) is 8.07. The summed E-state index contributed by atoms with van der Waals surface area (Å²) in [6, 6.07) is 17.6. The van der Waals surface area contributed by atoms with Crippen LogP contribution >= 0.6 is 11.6 Å². The number of hydrogen-bond acceptors (Lipinski definition) is 6. The van der Waals surface area contributed by atoms with Gasteiger partial charge in [0.15, 0.2) is 5.41 Å². The van der Waals surface area contributed by atoms with Crippen molar-refractivity contribution in [2.24, 2.45) is 5.41 Å². The van der Waals surface area contributed by atoms with E-state index in [9.17, 15) is 14.4 Å². The summed E-state index contributed by atoms with van der Waals surface area (Å²) in [7, 11) is 0. The van der Waals surface area contributed by atoms with Crippen LogP contribution in [-0.4, -0.2) is 35.9 Å². The highest BCUT2D eigenvalue weighted by molar-refractivity contribution is 6.30. The molecule has 0 fully saturated rings. The highest BCUT2D eigenvalue weighted by Crippen LogP contribution is 2.43. The van der Waals surface area contributed by atoms with Gasteiger partial charge < -0.3 is 9.47 Å². The first-order chi connectivity index (χ1) is 16.4. The van der Waals surface area contributed by atoms with Gasteiger partial charge in [0.1, 0.15) is 5.69 Å². The molecule has 6 nitrogen and oxygen atoms in total. The molecule has 1 aliphatic carbocycles. The molecule has 0 spiro atoms. The molecule has 3 aromatic rings. The van der Waals surface area contributed by atoms with Gasteiger partial charge in [-0.15, -0.1) is 0 Å². The average molecular weight is 478 g/mol. The van der Waals surface area contributed by atoms with E-state index in [1.165, 1.54) is 0 Å². The Morgan fingerprint density at radius 2 is 1.53 bits per heavy atom. The van der Waals surface area contributed by atoms with Gasteiger partial charge in [0.2, 0.25) is 5.78 Å². The lowest BCUT2D eigenvalue weighted by Crippen LogP contribution is -2.43. The number of pyridine rings is 1. The molecule has 0 unspecified atom stereocenters. The Kier molecular flexibility index (Phi) is 6.80. The quantitative estimate of drug-likeness (QED) is 0.275. The standard InChI is InChI=1S/C27H24ClNO5/c1-3-33-25(31)27(26(32)34-4-2)15-19-14-22(24(30)18-10-12-20(28)13-11-18)29-23(21(19)16-27)17-8-6-5-7-9-17/h5-14H,3-4,15-16H2,1-2H3. The maximum absolute atomic E-state index is 13.3. The molecule has 174 valence electrons. The third-order valence-corrected chi connectivity index (χ3v) is 6.16. The van der Waals surface area contributed by atoms with E-state index in [-0.39, 0.29) is 37.5 Å². The van der Waals surface area contributed by atoms with Gasteiger partial charge >= 0.3 is 11.9 Å². The molecule has 0 saturated heterocycles. The van der Waals surface area contributed by atoms with Crippen molar-refractivity contribution in [2.45, 2.75) is 26.7 Å². The monoisotopic (exact) mass is 477 g/mol. The van der Waals surface area contributed by atoms with Crippen molar-refractivity contribution in [2.75, 3.05) is 13.2 Å². The van der Waals surface area contributed by atoms with E-state index in [1.807, 2.05) is 30.3 Å². The summed E-state index contributed by atoms with van der Waals surface area (Å²) in [5, 5.41) is 0.525. The minimum absolute atomic E-state index is 0.0727. The number of halogens is 1. The molecule has 0 radical (unpaired) electrons. The molecule has 1 heterocycles. The maximum atomic E-state index is 13.3. The predicted octanol–water partition coefficient (Wildman–Crippen LogP) is 4.84. The van der Waals surface area contributed by atoms with Gasteiger partial charge in [0.05, 0.1) is 18.9 Å². The normalized spacial score (nSPS) is 13.7. The van der Waals surface area contributed by atoms with Crippen molar-refractivity contribution >= 4 is 29.3 Å². The van der Waals surface area contributed by atoms with Crippen molar-refractivity contribution in [1.82, 2.24) is 4.98 Å². The smallest absolute Gasteiger partial charge is 0.324 e. The fraction of sp³-hybridized carbons (Fsp3) is 0.259. The number of ether oxygens (including phenoxy) is 2. The zero-order chi connectivity index (χ0) is 24.3. The van der Waals surface area contributed by atoms with Gasteiger partial charge in [-0.25, -0.2) is 4.98 Å². The zero-order valence-corrected chi connectivity index (χ0v) is 19.7. The van der Waals surface area contributed by atoms with Crippen LogP contribution in [0.5, 0.6) is 0 Å². The van der Waals surface area contributed by atoms with Gasteiger partial charge in [0, 0.05) is 22.6 Å². The third kappa shape index (κ3) is 4.33. The molecule has 1 aliphatic rings. The van der Waals surface area contributed by atoms with Crippen LogP contribution in [0.15, 0.2) is 60.7 Å². The second-order valence-corrected chi connectivity index (χ2v) is 8.51. The van der Waals surface area contributed by atoms with Crippen LogP contribution in [-0.2, 0) is 31.9 Å². The number of fused-ring (bicyclic) bond motifs is 1. The van der Waals surface area contributed by atoms with Crippen molar-refractivity contribution in [3.63, 3.8) is 0 Å². The summed E-state index contributed by atoms with van der Waals surface area (Å²) in [6.07, 6.45) is 0.163. The Bertz CT molecular complexity index is 1220. The van der Waals surface area contributed by atoms with Crippen molar-refractivity contribution in [1.29, 1.82) is 0 Å². The number of nitrogens with zero attached hydrogens (tertiary/aromatic N) is 1. The lowest BCUT2D eigenvalue weighted by Gasteiger charge is -2.24. The molecule has 0 atom stereocenters. The highest BCUT2D eigenvalue weighted by Gasteiger charge is 2.54. The van der Waals surface area contributed by atoms with Gasteiger partial charge in [-0.1, -0.05) is 41.9 Å². The number of aromatic nitrogens is 1. The van der Waals surface area contributed by atoms with Crippen LogP contribution < -0.4 is 0 Å². The summed E-state index contributed by atoms with van der Waals surface area (Å²) >= 11 is 5.97. The van der Waals surface area contributed by atoms with E-state index in [0.717, 1.165) is 11.1 Å². The van der Waals surface area contributed by atoms with E-state index in [1.54, 1.807) is 44.2 Å². The van der Waals surface area contributed by atoms with Gasteiger partial charge in [-0.2, -0.15) is 0 Å². The molecule has 0 amide bonds. The Labute approximate surface area is 202 Å². The summed E-state index contributed by atoms with van der Waals surface area (Å²) in [4.78, 5) is 44.1. The van der Waals surface area contributed by atoms with Crippen LogP contribution in [0.3, 0.4) is 0 Å². The Morgan fingerprint density at radius 1 is 0.912 bits per heavy atom. The largest absolute Gasteiger partial charge is 0.465 e. The van der Waals surface area contributed by atoms with Crippen LogP contribution in [0.4, 0.5) is 0 Å². The van der Waals surface area contributed by atoms with E-state index in [0.29, 0.717) is 21.8 Å². The van der Waals surface area contributed by atoms with Crippen molar-refractivity contribution in [3.8, 4) is 11.3 Å². The number of esters is 2. The molecule has 1 aromatic heterocycles. The number of ketones is 1. The first-order valence-electron chi connectivity index (χ1n) is 11.1. The van der Waals surface area contributed by atoms with E-state index in [4.69, 9.17) is 26.1 Å². The second kappa shape index (κ2) is 9.77. The van der Waals surface area contributed by atoms with E-state index in [2.05, 4.69) is 0 Å². The number of benzene rings is 2. The minimum Gasteiger partial charge on any atom is -0.465 e. The molecular weight excluding hydrogens is 454 g/mol. The first-order valence-corrected chi connectivity index (χ1v) is 11.5. The highest BCUT2D eigenvalue weighted by atomic mass is 35.5. The number of hydrogen-bond donors (Lipinski definition) is 0. The average Bonchev–Trinajstić information content (AvgIpc) is 3.25. The molecule has 7 heteroatoms. The Hall–Kier alpha value is -3.51. The zero-order valence-electron chi connectivity index (χ0n) is 19.0. The Balaban J connectivity index is 1.86. The maximum Gasteiger partial charge on any atom is 0.324 e. The molecule has 2 aromatic carbocycles. The summed E-state index contributed by atoms with van der Waals surface area (Å²) < 4.78 is 10.6. The molecule has 0 aliphatic heterocycles. The van der Waals surface area contributed by atoms with E-state index >= 15 is 0 Å². The lowest BCUT2D eigenvalue weighted by atomic mass is 9.84. The minimum atomic E-state index is -1.51. The summed E-state index contributed by atoms with van der Waals surface area (Å²) in [6.45, 7) is 3.66. The molecular formula is C27H24ClNO5. The number of carbonyl (C=O) groups excluding carboxylic acids is 3. The van der Waals surface area contributed by atoms with Crippen LogP contribution in [0.25, 0.3) is 11.3 Å². The summed E-state index contributed by atoms with van der Waals surface area (Å²) in [5.74, 6) is -1.54. The molecule has 0 saturated carbocycles. The fourth-order valence-corrected chi connectivity index (χ4v) is 4.41. The molecule has 34 heavy (non-hydrogen) atoms. The van der Waals surface area contributed by atoms with Crippen LogP contribution in [0.1, 0.15) is 41.0 Å². The molecule has 4 rings (SSSR count). The lowest BCUT2D eigenvalue weighted by molar-refractivity contribution is -0.171. The van der Waals surface area contributed by atoms with Gasteiger partial charge in [-0.05, 0) is 61.7 Å². The van der Waals surface area contributed by atoms with Gasteiger partial charge in [-0.3, -0.25) is 14.4 Å². The van der Waals surface area contributed by atoms with Crippen molar-refractivity contribution < 1.29 is 23.9 Å². The first kappa shape index (κ1) is 23.6. The Morgan fingerprint density at radius 3 is 2.12 bits per heavy atom. The molecule has 0 N–H and O–H groups in total. The van der Waals surface area contributed by atoms with Gasteiger partial charge in [0.25, 0.3) is 0 Å². The number of carbonyl (C=O) groups is 3.